The van der Waals surface area contributed by atoms with Crippen LogP contribution in [0.5, 0.6) is 0 Å². The van der Waals surface area contributed by atoms with E-state index >= 15 is 0 Å². The third kappa shape index (κ3) is 47.4. The number of esters is 1. The van der Waals surface area contributed by atoms with E-state index in [4.69, 9.17) is 4.74 Å². The van der Waals surface area contributed by atoms with Crippen LogP contribution in [0.3, 0.4) is 0 Å². The van der Waals surface area contributed by atoms with Crippen LogP contribution in [0.25, 0.3) is 0 Å². The molecule has 0 aromatic carbocycles. The first-order chi connectivity index (χ1) is 31.5. The predicted octanol–water partition coefficient (Wildman–Crippen LogP) is 17.9. The minimum Gasteiger partial charge on any atom is -0.462 e. The molecule has 0 fully saturated rings. The molecular weight excluding hydrogens is 791 g/mol. The number of hydrogen-bond acceptors (Lipinski definition) is 5. The third-order valence-electron chi connectivity index (χ3n) is 13.9. The molecule has 0 aliphatic heterocycles. The van der Waals surface area contributed by atoms with Crippen molar-refractivity contribution in [3.05, 3.63) is 0 Å². The van der Waals surface area contributed by atoms with Crippen LogP contribution >= 0.6 is 0 Å². The number of unbranched alkanes of at least 4 members (excludes halogenated alkanes) is 42. The number of aliphatic hydroxyl groups is 2. The Balaban J connectivity index is 4.46. The van der Waals surface area contributed by atoms with Crippen LogP contribution in [0.2, 0.25) is 0 Å². The summed E-state index contributed by atoms with van der Waals surface area (Å²) >= 11 is 0. The lowest BCUT2D eigenvalue weighted by molar-refractivity contribution is -0.151. The Bertz CT molecular complexity index is 928. The third-order valence-corrected chi connectivity index (χ3v) is 13.9. The topological polar surface area (TPSA) is 95.9 Å². The molecule has 0 aromatic heterocycles. The fourth-order valence-corrected chi connectivity index (χ4v) is 9.49. The zero-order chi connectivity index (χ0) is 46.7. The van der Waals surface area contributed by atoms with Crippen LogP contribution in [-0.2, 0) is 14.3 Å². The SMILES string of the molecule is CCCCCCCCCCCCCCCCCCCCC(=O)OC(CCCCCCCCCCCCCCCC)CC(=O)NC(CO)C(O)CCCCCCCCCCCCCCC. The zero-order valence-electron chi connectivity index (χ0n) is 43.7. The number of carbonyl (C=O) groups is 2. The van der Waals surface area contributed by atoms with E-state index in [0.29, 0.717) is 19.3 Å². The number of nitrogens with one attached hydrogen (secondary N) is 1. The second-order valence-electron chi connectivity index (χ2n) is 20.4. The van der Waals surface area contributed by atoms with E-state index in [1.54, 1.807) is 0 Å². The van der Waals surface area contributed by atoms with E-state index in [-0.39, 0.29) is 24.9 Å². The summed E-state index contributed by atoms with van der Waals surface area (Å²) in [5.41, 5.74) is 0. The molecule has 64 heavy (non-hydrogen) atoms. The number of carbonyl (C=O) groups excluding carboxylic acids is 2. The van der Waals surface area contributed by atoms with Gasteiger partial charge >= 0.3 is 5.97 Å². The predicted molar refractivity (Wildman–Crippen MR) is 278 cm³/mol. The molecule has 0 bridgehead atoms. The van der Waals surface area contributed by atoms with Crippen molar-refractivity contribution in [2.24, 2.45) is 0 Å². The van der Waals surface area contributed by atoms with Gasteiger partial charge in [0.05, 0.1) is 25.2 Å². The largest absolute Gasteiger partial charge is 0.462 e. The first kappa shape index (κ1) is 62.9. The minimum atomic E-state index is -0.780. The molecule has 0 aromatic rings. The van der Waals surface area contributed by atoms with Crippen molar-refractivity contribution in [3.63, 3.8) is 0 Å². The average molecular weight is 907 g/mol. The van der Waals surface area contributed by atoms with Crippen molar-refractivity contribution in [2.45, 2.75) is 354 Å². The van der Waals surface area contributed by atoms with Crippen LogP contribution in [0, 0.1) is 0 Å². The van der Waals surface area contributed by atoms with E-state index in [0.717, 1.165) is 38.5 Å². The van der Waals surface area contributed by atoms with Crippen LogP contribution in [0.4, 0.5) is 0 Å². The monoisotopic (exact) mass is 906 g/mol. The number of rotatable bonds is 54. The van der Waals surface area contributed by atoms with Crippen molar-refractivity contribution in [3.8, 4) is 0 Å². The maximum atomic E-state index is 13.3. The summed E-state index contributed by atoms with van der Waals surface area (Å²) in [6.45, 7) is 6.54. The molecule has 3 N–H and O–H groups in total. The number of ether oxygens (including phenoxy) is 1. The van der Waals surface area contributed by atoms with E-state index in [1.165, 1.54) is 250 Å². The zero-order valence-corrected chi connectivity index (χ0v) is 43.7. The van der Waals surface area contributed by atoms with Gasteiger partial charge in [-0.15, -0.1) is 0 Å². The Labute approximate surface area is 400 Å². The highest BCUT2D eigenvalue weighted by Crippen LogP contribution is 2.19. The van der Waals surface area contributed by atoms with Gasteiger partial charge in [-0.25, -0.2) is 0 Å². The molecule has 0 heterocycles. The van der Waals surface area contributed by atoms with Gasteiger partial charge in [0.15, 0.2) is 0 Å². The molecule has 0 rings (SSSR count). The molecule has 6 heteroatoms. The molecule has 0 saturated carbocycles. The summed E-state index contributed by atoms with van der Waals surface area (Å²) in [5, 5.41) is 23.9. The Hall–Kier alpha value is -1.14. The lowest BCUT2D eigenvalue weighted by Crippen LogP contribution is -2.46. The van der Waals surface area contributed by atoms with Gasteiger partial charge in [-0.3, -0.25) is 9.59 Å². The summed E-state index contributed by atoms with van der Waals surface area (Å²) in [6, 6.07) is -0.693. The van der Waals surface area contributed by atoms with Crippen molar-refractivity contribution >= 4 is 11.9 Å². The van der Waals surface area contributed by atoms with Crippen LogP contribution < -0.4 is 5.32 Å². The van der Waals surface area contributed by atoms with Gasteiger partial charge in [0, 0.05) is 6.42 Å². The summed E-state index contributed by atoms with van der Waals surface area (Å²) in [4.78, 5) is 26.3. The second kappa shape index (κ2) is 52.8. The minimum absolute atomic E-state index is 0.0886. The van der Waals surface area contributed by atoms with Crippen LogP contribution in [-0.4, -0.2) is 46.9 Å². The number of aliphatic hydroxyl groups excluding tert-OH is 2. The average Bonchev–Trinajstić information content (AvgIpc) is 3.29. The summed E-state index contributed by atoms with van der Waals surface area (Å²) in [6.07, 6.45) is 58.8. The van der Waals surface area contributed by atoms with Gasteiger partial charge in [-0.2, -0.15) is 0 Å². The Morgan fingerprint density at radius 3 is 0.953 bits per heavy atom. The van der Waals surface area contributed by atoms with Gasteiger partial charge in [0.2, 0.25) is 5.91 Å². The summed E-state index contributed by atoms with van der Waals surface area (Å²) in [5.74, 6) is -0.444. The smallest absolute Gasteiger partial charge is 0.306 e. The highest BCUT2D eigenvalue weighted by Gasteiger charge is 2.24. The molecular formula is C58H115NO5. The van der Waals surface area contributed by atoms with Crippen molar-refractivity contribution in [2.75, 3.05) is 6.61 Å². The van der Waals surface area contributed by atoms with Gasteiger partial charge < -0.3 is 20.3 Å². The molecule has 6 nitrogen and oxygen atoms in total. The fraction of sp³-hybridized carbons (Fsp3) is 0.966. The molecule has 1 amide bonds. The van der Waals surface area contributed by atoms with E-state index in [1.807, 2.05) is 0 Å². The lowest BCUT2D eigenvalue weighted by atomic mass is 10.0. The van der Waals surface area contributed by atoms with Gasteiger partial charge in [0.25, 0.3) is 0 Å². The van der Waals surface area contributed by atoms with Gasteiger partial charge in [-0.1, -0.05) is 297 Å². The van der Waals surface area contributed by atoms with Gasteiger partial charge in [0.1, 0.15) is 6.10 Å². The normalized spacial score (nSPS) is 13.0. The van der Waals surface area contributed by atoms with Crippen molar-refractivity contribution in [1.82, 2.24) is 5.32 Å². The Morgan fingerprint density at radius 1 is 0.391 bits per heavy atom. The van der Waals surface area contributed by atoms with E-state index in [9.17, 15) is 19.8 Å². The van der Waals surface area contributed by atoms with Crippen LogP contribution in [0.15, 0.2) is 0 Å². The quantitative estimate of drug-likeness (QED) is 0.0417. The molecule has 3 unspecified atom stereocenters. The van der Waals surface area contributed by atoms with E-state index < -0.39 is 18.2 Å². The maximum absolute atomic E-state index is 13.3. The molecule has 3 atom stereocenters. The summed E-state index contributed by atoms with van der Waals surface area (Å²) < 4.78 is 5.97. The molecule has 0 saturated heterocycles. The lowest BCUT2D eigenvalue weighted by Gasteiger charge is -2.24. The number of hydrogen-bond donors (Lipinski definition) is 3. The molecule has 382 valence electrons. The van der Waals surface area contributed by atoms with Crippen molar-refractivity contribution < 1.29 is 24.5 Å². The molecule has 0 aliphatic carbocycles. The van der Waals surface area contributed by atoms with Crippen LogP contribution in [0.1, 0.15) is 335 Å². The first-order valence-corrected chi connectivity index (χ1v) is 29.3. The van der Waals surface area contributed by atoms with Gasteiger partial charge in [-0.05, 0) is 25.7 Å². The standard InChI is InChI=1S/C58H115NO5/c1-4-7-10-13-16-19-22-25-27-28-29-30-33-36-39-42-45-48-51-58(63)64-54(49-46-43-40-37-34-32-26-23-20-17-14-11-8-5-2)52-57(62)59-55(53-60)56(61)50-47-44-41-38-35-31-24-21-18-15-12-9-6-3/h54-56,60-61H,4-53H2,1-3H3,(H,59,62). The maximum Gasteiger partial charge on any atom is 0.306 e. The highest BCUT2D eigenvalue weighted by molar-refractivity contribution is 5.77. The second-order valence-corrected chi connectivity index (χ2v) is 20.4. The Kier molecular flexibility index (Phi) is 51.9. The summed E-state index contributed by atoms with van der Waals surface area (Å²) in [7, 11) is 0. The molecule has 0 aliphatic rings. The van der Waals surface area contributed by atoms with E-state index in [2.05, 4.69) is 26.1 Å². The van der Waals surface area contributed by atoms with Crippen molar-refractivity contribution in [1.29, 1.82) is 0 Å². The number of amides is 1. The fourth-order valence-electron chi connectivity index (χ4n) is 9.49. The first-order valence-electron chi connectivity index (χ1n) is 29.3. The highest BCUT2D eigenvalue weighted by atomic mass is 16.5. The molecule has 0 radical (unpaired) electrons. The Morgan fingerprint density at radius 2 is 0.656 bits per heavy atom. The molecule has 0 spiro atoms.